The average molecular weight is 491 g/mol. The predicted molar refractivity (Wildman–Crippen MR) is 131 cm³/mol. The van der Waals surface area contributed by atoms with E-state index in [1.807, 2.05) is 12.1 Å². The number of nitrogens with zero attached hydrogens (tertiary/aromatic N) is 2. The van der Waals surface area contributed by atoms with Crippen molar-refractivity contribution >= 4 is 23.5 Å². The molecule has 178 valence electrons. The lowest BCUT2D eigenvalue weighted by atomic mass is 9.96. The van der Waals surface area contributed by atoms with Crippen LogP contribution in [0, 0.1) is 11.3 Å². The summed E-state index contributed by atoms with van der Waals surface area (Å²) in [6.07, 6.45) is 0.734. The van der Waals surface area contributed by atoms with E-state index in [1.54, 1.807) is 49.6 Å². The topological polar surface area (TPSA) is 99.9 Å². The highest BCUT2D eigenvalue weighted by Gasteiger charge is 2.43. The Morgan fingerprint density at radius 3 is 2.37 bits per heavy atom. The maximum absolute atomic E-state index is 13.8. The molecular formula is C27H23ClN2O5. The van der Waals surface area contributed by atoms with Crippen LogP contribution in [-0.4, -0.2) is 42.1 Å². The van der Waals surface area contributed by atoms with Crippen molar-refractivity contribution in [3.63, 3.8) is 0 Å². The minimum absolute atomic E-state index is 0.117. The number of amides is 1. The number of methoxy groups -OCH3 is 2. The van der Waals surface area contributed by atoms with Crippen LogP contribution in [0.5, 0.6) is 11.5 Å². The normalized spacial score (nSPS) is 17.0. The number of carbonyl (C=O) groups excluding carboxylic acids is 1. The molecule has 1 fully saturated rings. The molecule has 1 saturated heterocycles. The molecule has 2 atom stereocenters. The highest BCUT2D eigenvalue weighted by atomic mass is 35.5. The molecule has 3 aromatic carbocycles. The number of carbonyl (C=O) groups is 2. The summed E-state index contributed by atoms with van der Waals surface area (Å²) >= 11 is 6.40. The number of hydrogen-bond donors (Lipinski definition) is 1. The van der Waals surface area contributed by atoms with Gasteiger partial charge in [-0.2, -0.15) is 5.26 Å². The van der Waals surface area contributed by atoms with Gasteiger partial charge in [0.15, 0.2) is 0 Å². The van der Waals surface area contributed by atoms with Gasteiger partial charge in [-0.3, -0.25) is 4.79 Å². The first kappa shape index (κ1) is 24.1. The Morgan fingerprint density at radius 1 is 1.06 bits per heavy atom. The zero-order valence-corrected chi connectivity index (χ0v) is 20.0. The van der Waals surface area contributed by atoms with Crippen molar-refractivity contribution in [1.29, 1.82) is 5.26 Å². The molecular weight excluding hydrogens is 468 g/mol. The van der Waals surface area contributed by atoms with Gasteiger partial charge < -0.3 is 19.5 Å². The Kier molecular flexibility index (Phi) is 6.94. The Morgan fingerprint density at radius 2 is 1.77 bits per heavy atom. The van der Waals surface area contributed by atoms with Crippen molar-refractivity contribution in [3.8, 4) is 28.7 Å². The zero-order chi connectivity index (χ0) is 25.1. The maximum atomic E-state index is 13.8. The van der Waals surface area contributed by atoms with Crippen LogP contribution in [0.4, 0.5) is 0 Å². The van der Waals surface area contributed by atoms with Crippen molar-refractivity contribution in [2.24, 2.45) is 0 Å². The molecule has 1 aliphatic rings. The standard InChI is InChI=1S/C27H23ClN2O5/c1-34-18-9-7-16(8-10-18)20-14-25(35-2)21(13-17(20)15-29)26(31)30-23(11-12-24(30)27(32)33)19-5-3-4-6-22(19)28/h3-10,13-14,23-24H,11-12H2,1-2H3,(H,32,33)/t23-,24+/m1/s1. The Hall–Kier alpha value is -4.02. The third-order valence-corrected chi connectivity index (χ3v) is 6.60. The lowest BCUT2D eigenvalue weighted by molar-refractivity contribution is -0.141. The van der Waals surface area contributed by atoms with E-state index in [-0.39, 0.29) is 23.3 Å². The van der Waals surface area contributed by atoms with E-state index in [9.17, 15) is 20.0 Å². The Balaban J connectivity index is 1.81. The molecule has 0 unspecified atom stereocenters. The van der Waals surface area contributed by atoms with Gasteiger partial charge in [-0.1, -0.05) is 41.9 Å². The highest BCUT2D eigenvalue weighted by Crippen LogP contribution is 2.42. The van der Waals surface area contributed by atoms with Crippen LogP contribution in [0.2, 0.25) is 5.02 Å². The first-order valence-electron chi connectivity index (χ1n) is 11.0. The lowest BCUT2D eigenvalue weighted by Crippen LogP contribution is -2.42. The molecule has 3 aromatic rings. The SMILES string of the molecule is COc1ccc(-c2cc(OC)c(C(=O)N3[C@@H](c4ccccc4Cl)CC[C@H]3C(=O)O)cc2C#N)cc1. The van der Waals surface area contributed by atoms with Crippen molar-refractivity contribution in [2.75, 3.05) is 14.2 Å². The second-order valence-electron chi connectivity index (χ2n) is 8.12. The van der Waals surface area contributed by atoms with Gasteiger partial charge in [-0.15, -0.1) is 0 Å². The molecule has 0 aromatic heterocycles. The summed E-state index contributed by atoms with van der Waals surface area (Å²) in [6.45, 7) is 0. The number of rotatable bonds is 6. The van der Waals surface area contributed by atoms with Crippen LogP contribution in [0.1, 0.15) is 40.4 Å². The number of carboxylic acids is 1. The third-order valence-electron chi connectivity index (χ3n) is 6.26. The number of likely N-dealkylation sites (tertiary alicyclic amines) is 1. The van der Waals surface area contributed by atoms with E-state index in [2.05, 4.69) is 6.07 Å². The quantitative estimate of drug-likeness (QED) is 0.501. The molecule has 35 heavy (non-hydrogen) atoms. The van der Waals surface area contributed by atoms with Crippen LogP contribution in [0.15, 0.2) is 60.7 Å². The van der Waals surface area contributed by atoms with Crippen LogP contribution in [-0.2, 0) is 4.79 Å². The maximum Gasteiger partial charge on any atom is 0.326 e. The van der Waals surface area contributed by atoms with E-state index in [0.717, 1.165) is 5.56 Å². The number of ether oxygens (including phenoxy) is 2. The zero-order valence-electron chi connectivity index (χ0n) is 19.2. The molecule has 1 N–H and O–H groups in total. The van der Waals surface area contributed by atoms with Gasteiger partial charge in [0.05, 0.1) is 37.5 Å². The summed E-state index contributed by atoms with van der Waals surface area (Å²) in [5.41, 5.74) is 2.40. The van der Waals surface area contributed by atoms with Crippen LogP contribution >= 0.6 is 11.6 Å². The fourth-order valence-electron chi connectivity index (χ4n) is 4.54. The Bertz CT molecular complexity index is 1320. The van der Waals surface area contributed by atoms with Gasteiger partial charge in [0.2, 0.25) is 0 Å². The summed E-state index contributed by atoms with van der Waals surface area (Å²) in [5, 5.41) is 20.2. The third kappa shape index (κ3) is 4.53. The summed E-state index contributed by atoms with van der Waals surface area (Å²) in [5.74, 6) is -0.712. The minimum Gasteiger partial charge on any atom is -0.497 e. The largest absolute Gasteiger partial charge is 0.497 e. The number of halogens is 1. The summed E-state index contributed by atoms with van der Waals surface area (Å²) in [6, 6.07) is 18.0. The van der Waals surface area contributed by atoms with Crippen molar-refractivity contribution in [2.45, 2.75) is 24.9 Å². The molecule has 7 nitrogen and oxygen atoms in total. The van der Waals surface area contributed by atoms with E-state index in [1.165, 1.54) is 18.1 Å². The molecule has 1 heterocycles. The monoisotopic (exact) mass is 490 g/mol. The van der Waals surface area contributed by atoms with Crippen LogP contribution in [0.25, 0.3) is 11.1 Å². The molecule has 0 aliphatic carbocycles. The smallest absolute Gasteiger partial charge is 0.326 e. The van der Waals surface area contributed by atoms with Crippen molar-refractivity contribution in [1.82, 2.24) is 4.90 Å². The molecule has 1 aliphatic heterocycles. The first-order chi connectivity index (χ1) is 16.9. The molecule has 0 saturated carbocycles. The molecule has 8 heteroatoms. The summed E-state index contributed by atoms with van der Waals surface area (Å²) in [4.78, 5) is 27.3. The van der Waals surface area contributed by atoms with E-state index in [0.29, 0.717) is 28.3 Å². The molecule has 4 rings (SSSR count). The van der Waals surface area contributed by atoms with E-state index in [4.69, 9.17) is 21.1 Å². The van der Waals surface area contributed by atoms with E-state index >= 15 is 0 Å². The number of nitriles is 1. The predicted octanol–water partition coefficient (Wildman–Crippen LogP) is 5.33. The Labute approximate surface area is 208 Å². The van der Waals surface area contributed by atoms with Gasteiger partial charge in [0.25, 0.3) is 5.91 Å². The van der Waals surface area contributed by atoms with Gasteiger partial charge >= 0.3 is 5.97 Å². The van der Waals surface area contributed by atoms with Crippen LogP contribution in [0.3, 0.4) is 0 Å². The first-order valence-corrected chi connectivity index (χ1v) is 11.3. The number of benzene rings is 3. The summed E-state index contributed by atoms with van der Waals surface area (Å²) < 4.78 is 10.7. The van der Waals surface area contributed by atoms with Gasteiger partial charge in [-0.25, -0.2) is 4.79 Å². The fraction of sp³-hybridized carbons (Fsp3) is 0.222. The number of hydrogen-bond acceptors (Lipinski definition) is 5. The summed E-state index contributed by atoms with van der Waals surface area (Å²) in [7, 11) is 3.00. The lowest BCUT2D eigenvalue weighted by Gasteiger charge is -2.30. The molecule has 1 amide bonds. The average Bonchev–Trinajstić information content (AvgIpc) is 3.33. The second-order valence-corrected chi connectivity index (χ2v) is 8.53. The van der Waals surface area contributed by atoms with Gasteiger partial charge in [0, 0.05) is 10.6 Å². The van der Waals surface area contributed by atoms with Crippen molar-refractivity contribution in [3.05, 3.63) is 82.4 Å². The molecule has 0 bridgehead atoms. The van der Waals surface area contributed by atoms with Gasteiger partial charge in [0.1, 0.15) is 17.5 Å². The second kappa shape index (κ2) is 10.1. The van der Waals surface area contributed by atoms with Crippen LogP contribution < -0.4 is 9.47 Å². The molecule has 0 radical (unpaired) electrons. The minimum atomic E-state index is -1.10. The number of carboxylic acid groups (broad SMARTS) is 1. The molecule has 0 spiro atoms. The highest BCUT2D eigenvalue weighted by molar-refractivity contribution is 6.31. The van der Waals surface area contributed by atoms with Crippen molar-refractivity contribution < 1.29 is 24.2 Å². The van der Waals surface area contributed by atoms with Gasteiger partial charge in [-0.05, 0) is 54.3 Å². The van der Waals surface area contributed by atoms with E-state index < -0.39 is 24.0 Å². The number of aliphatic carboxylic acids is 1. The fourth-order valence-corrected chi connectivity index (χ4v) is 4.81.